The van der Waals surface area contributed by atoms with Crippen molar-refractivity contribution in [3.63, 3.8) is 0 Å². The maximum absolute atomic E-state index is 12.8. The summed E-state index contributed by atoms with van der Waals surface area (Å²) in [7, 11) is -1.05. The van der Waals surface area contributed by atoms with Gasteiger partial charge in [0.05, 0.1) is 10.8 Å². The van der Waals surface area contributed by atoms with Crippen molar-refractivity contribution in [2.45, 2.75) is 18.2 Å². The average Bonchev–Trinajstić information content (AvgIpc) is 2.24. The molecule has 0 saturated carbocycles. The zero-order chi connectivity index (χ0) is 11.1. The predicted molar refractivity (Wildman–Crippen MR) is 65.3 cm³/mol. The minimum Gasteiger partial charge on any atom is -0.254 e. The SMILES string of the molecule is CCSCCCS(=O)c1cccc(F)c1. The van der Waals surface area contributed by atoms with Crippen molar-refractivity contribution in [2.75, 3.05) is 17.3 Å². The number of thioether (sulfide) groups is 1. The summed E-state index contributed by atoms with van der Waals surface area (Å²) < 4.78 is 24.5. The maximum atomic E-state index is 12.8. The van der Waals surface area contributed by atoms with Gasteiger partial charge < -0.3 is 0 Å². The van der Waals surface area contributed by atoms with E-state index < -0.39 is 10.8 Å². The Labute approximate surface area is 96.9 Å². The average molecular weight is 246 g/mol. The molecule has 0 radical (unpaired) electrons. The van der Waals surface area contributed by atoms with Crippen molar-refractivity contribution in [1.82, 2.24) is 0 Å². The lowest BCUT2D eigenvalue weighted by Gasteiger charge is -2.01. The van der Waals surface area contributed by atoms with Crippen LogP contribution in [0.5, 0.6) is 0 Å². The van der Waals surface area contributed by atoms with Crippen LogP contribution in [0.15, 0.2) is 29.2 Å². The second kappa shape index (κ2) is 7.01. The monoisotopic (exact) mass is 246 g/mol. The van der Waals surface area contributed by atoms with Crippen molar-refractivity contribution in [2.24, 2.45) is 0 Å². The van der Waals surface area contributed by atoms with Crippen molar-refractivity contribution in [3.8, 4) is 0 Å². The molecular weight excluding hydrogens is 231 g/mol. The summed E-state index contributed by atoms with van der Waals surface area (Å²) in [5.41, 5.74) is 0. The second-order valence-corrected chi connectivity index (χ2v) is 6.02. The first kappa shape index (κ1) is 12.7. The lowest BCUT2D eigenvalue weighted by atomic mass is 10.4. The number of halogens is 1. The molecule has 4 heteroatoms. The van der Waals surface area contributed by atoms with E-state index in [1.807, 2.05) is 11.8 Å². The molecule has 1 aromatic carbocycles. The highest BCUT2D eigenvalue weighted by Gasteiger charge is 2.04. The Morgan fingerprint density at radius 3 is 2.93 bits per heavy atom. The van der Waals surface area contributed by atoms with Crippen molar-refractivity contribution in [3.05, 3.63) is 30.1 Å². The molecule has 0 saturated heterocycles. The number of benzene rings is 1. The molecule has 1 unspecified atom stereocenters. The van der Waals surface area contributed by atoms with Gasteiger partial charge in [-0.2, -0.15) is 11.8 Å². The molecule has 15 heavy (non-hydrogen) atoms. The molecular formula is C11H15FOS2. The van der Waals surface area contributed by atoms with Gasteiger partial charge in [-0.25, -0.2) is 4.39 Å². The van der Waals surface area contributed by atoms with Gasteiger partial charge in [-0.1, -0.05) is 13.0 Å². The van der Waals surface area contributed by atoms with Crippen LogP contribution in [0.25, 0.3) is 0 Å². The third kappa shape index (κ3) is 4.80. The predicted octanol–water partition coefficient (Wildman–Crippen LogP) is 3.08. The summed E-state index contributed by atoms with van der Waals surface area (Å²) in [4.78, 5) is 0.594. The quantitative estimate of drug-likeness (QED) is 0.718. The number of hydrogen-bond donors (Lipinski definition) is 0. The van der Waals surface area contributed by atoms with Gasteiger partial charge in [-0.15, -0.1) is 0 Å². The molecule has 0 heterocycles. The molecule has 0 aliphatic heterocycles. The van der Waals surface area contributed by atoms with E-state index in [4.69, 9.17) is 0 Å². The zero-order valence-corrected chi connectivity index (χ0v) is 10.4. The van der Waals surface area contributed by atoms with Crippen LogP contribution < -0.4 is 0 Å². The smallest absolute Gasteiger partial charge is 0.124 e. The molecule has 1 atom stereocenters. The Morgan fingerprint density at radius 2 is 2.27 bits per heavy atom. The molecule has 84 valence electrons. The fraction of sp³-hybridized carbons (Fsp3) is 0.455. The Hall–Kier alpha value is -0.350. The number of rotatable bonds is 6. The fourth-order valence-electron chi connectivity index (χ4n) is 1.16. The summed E-state index contributed by atoms with van der Waals surface area (Å²) in [6.45, 7) is 2.11. The van der Waals surface area contributed by atoms with E-state index in [9.17, 15) is 8.60 Å². The molecule has 0 N–H and O–H groups in total. The van der Waals surface area contributed by atoms with Crippen LogP contribution in [0, 0.1) is 5.82 Å². The van der Waals surface area contributed by atoms with Crippen LogP contribution in [-0.4, -0.2) is 21.5 Å². The highest BCUT2D eigenvalue weighted by molar-refractivity contribution is 7.99. The van der Waals surface area contributed by atoms with E-state index in [0.29, 0.717) is 10.6 Å². The summed E-state index contributed by atoms with van der Waals surface area (Å²) >= 11 is 1.84. The molecule has 0 fully saturated rings. The molecule has 0 aliphatic carbocycles. The van der Waals surface area contributed by atoms with Gasteiger partial charge in [0.2, 0.25) is 0 Å². The highest BCUT2D eigenvalue weighted by Crippen LogP contribution is 2.11. The van der Waals surface area contributed by atoms with Gasteiger partial charge in [0.1, 0.15) is 5.82 Å². The van der Waals surface area contributed by atoms with E-state index in [-0.39, 0.29) is 5.82 Å². The van der Waals surface area contributed by atoms with E-state index in [0.717, 1.165) is 17.9 Å². The minimum absolute atomic E-state index is 0.316. The van der Waals surface area contributed by atoms with Gasteiger partial charge in [0.15, 0.2) is 0 Å². The Morgan fingerprint density at radius 1 is 1.47 bits per heavy atom. The fourth-order valence-corrected chi connectivity index (χ4v) is 3.10. The van der Waals surface area contributed by atoms with Crippen molar-refractivity contribution >= 4 is 22.6 Å². The van der Waals surface area contributed by atoms with E-state index >= 15 is 0 Å². The van der Waals surface area contributed by atoms with Crippen molar-refractivity contribution in [1.29, 1.82) is 0 Å². The summed E-state index contributed by atoms with van der Waals surface area (Å²) in [6, 6.07) is 6.03. The summed E-state index contributed by atoms with van der Waals surface area (Å²) in [6.07, 6.45) is 0.918. The standard InChI is InChI=1S/C11H15FOS2/c1-2-14-7-4-8-15(13)11-6-3-5-10(12)9-11/h3,5-6,9H,2,4,7-8H2,1H3. The first-order chi connectivity index (χ1) is 7.24. The first-order valence-electron chi connectivity index (χ1n) is 4.95. The molecule has 0 bridgehead atoms. The normalized spacial score (nSPS) is 12.7. The third-order valence-electron chi connectivity index (χ3n) is 1.88. The zero-order valence-electron chi connectivity index (χ0n) is 8.74. The van der Waals surface area contributed by atoms with Gasteiger partial charge in [0, 0.05) is 10.6 Å². The highest BCUT2D eigenvalue weighted by atomic mass is 32.2. The van der Waals surface area contributed by atoms with E-state index in [1.54, 1.807) is 12.1 Å². The third-order valence-corrected chi connectivity index (χ3v) is 4.31. The molecule has 0 aliphatic rings. The van der Waals surface area contributed by atoms with Gasteiger partial charge in [-0.3, -0.25) is 4.21 Å². The first-order valence-corrected chi connectivity index (χ1v) is 7.43. The van der Waals surface area contributed by atoms with Crippen LogP contribution >= 0.6 is 11.8 Å². The van der Waals surface area contributed by atoms with Crippen LogP contribution in [0.4, 0.5) is 4.39 Å². The number of hydrogen-bond acceptors (Lipinski definition) is 2. The molecule has 1 rings (SSSR count). The van der Waals surface area contributed by atoms with E-state index in [2.05, 4.69) is 6.92 Å². The van der Waals surface area contributed by atoms with Crippen LogP contribution in [0.1, 0.15) is 13.3 Å². The van der Waals surface area contributed by atoms with Gasteiger partial charge >= 0.3 is 0 Å². The minimum atomic E-state index is -1.05. The molecule has 1 nitrogen and oxygen atoms in total. The van der Waals surface area contributed by atoms with Crippen LogP contribution in [0.3, 0.4) is 0 Å². The molecule has 0 spiro atoms. The molecule has 0 amide bonds. The Balaban J connectivity index is 2.40. The van der Waals surface area contributed by atoms with E-state index in [1.165, 1.54) is 12.1 Å². The molecule has 1 aromatic rings. The lowest BCUT2D eigenvalue weighted by Crippen LogP contribution is -1.99. The Bertz CT molecular complexity index is 328. The van der Waals surface area contributed by atoms with Gasteiger partial charge in [0.25, 0.3) is 0 Å². The largest absolute Gasteiger partial charge is 0.254 e. The van der Waals surface area contributed by atoms with Gasteiger partial charge in [-0.05, 0) is 36.1 Å². The summed E-state index contributed by atoms with van der Waals surface area (Å²) in [5.74, 6) is 2.42. The molecule has 0 aromatic heterocycles. The Kier molecular flexibility index (Phi) is 5.95. The summed E-state index contributed by atoms with van der Waals surface area (Å²) in [5, 5.41) is 0. The van der Waals surface area contributed by atoms with Crippen molar-refractivity contribution < 1.29 is 8.60 Å². The lowest BCUT2D eigenvalue weighted by molar-refractivity contribution is 0.622. The maximum Gasteiger partial charge on any atom is 0.124 e. The van der Waals surface area contributed by atoms with Crippen LogP contribution in [0.2, 0.25) is 0 Å². The van der Waals surface area contributed by atoms with Crippen LogP contribution in [-0.2, 0) is 10.8 Å². The topological polar surface area (TPSA) is 17.1 Å². The second-order valence-electron chi connectivity index (χ2n) is 3.06.